The summed E-state index contributed by atoms with van der Waals surface area (Å²) in [5.41, 5.74) is 1.34. The Morgan fingerprint density at radius 3 is 2.83 bits per heavy atom. The monoisotopic (exact) mass is 340 g/mol. The summed E-state index contributed by atoms with van der Waals surface area (Å²) in [6.07, 6.45) is 6.67. The van der Waals surface area contributed by atoms with E-state index < -0.39 is 0 Å². The smallest absolute Gasteiger partial charge is 0.255 e. The van der Waals surface area contributed by atoms with E-state index >= 15 is 0 Å². The third-order valence-electron chi connectivity index (χ3n) is 4.23. The molecule has 3 aromatic heterocycles. The molecule has 0 aliphatic heterocycles. The van der Waals surface area contributed by atoms with E-state index in [2.05, 4.69) is 20.4 Å². The fourth-order valence-electron chi connectivity index (χ4n) is 2.57. The first kappa shape index (κ1) is 15.0. The largest absolute Gasteiger partial charge is 0.339 e. The lowest BCUT2D eigenvalue weighted by Gasteiger charge is -2.20. The van der Waals surface area contributed by atoms with Gasteiger partial charge in [0.15, 0.2) is 0 Å². The number of hydrogen-bond donors (Lipinski definition) is 1. The molecule has 6 nitrogen and oxygen atoms in total. The molecule has 0 radical (unpaired) electrons. The molecule has 0 aromatic carbocycles. The van der Waals surface area contributed by atoms with E-state index in [9.17, 15) is 4.79 Å². The summed E-state index contributed by atoms with van der Waals surface area (Å²) >= 11 is 1.54. The van der Waals surface area contributed by atoms with Gasteiger partial charge < -0.3 is 9.84 Å². The van der Waals surface area contributed by atoms with E-state index in [0.717, 1.165) is 34.2 Å². The Bertz CT molecular complexity index is 868. The third kappa shape index (κ3) is 2.82. The maximum Gasteiger partial charge on any atom is 0.255 e. The molecular formula is C17H16N4O2S. The molecule has 0 spiro atoms. The summed E-state index contributed by atoms with van der Waals surface area (Å²) in [6, 6.07) is 5.26. The molecule has 1 N–H and O–H groups in total. The van der Waals surface area contributed by atoms with Gasteiger partial charge in [0, 0.05) is 28.8 Å². The fourth-order valence-corrected chi connectivity index (χ4v) is 3.47. The number of aromatic nitrogens is 3. The first-order valence-corrected chi connectivity index (χ1v) is 8.68. The zero-order chi connectivity index (χ0) is 16.5. The summed E-state index contributed by atoms with van der Waals surface area (Å²) in [4.78, 5) is 22.6. The molecule has 0 atom stereocenters. The van der Waals surface area contributed by atoms with Gasteiger partial charge in [0.05, 0.1) is 10.6 Å². The third-order valence-corrected chi connectivity index (χ3v) is 5.27. The SMILES string of the molecule is Cc1sc(-c2noc(C3CCC3)n2)cc1NC(=O)c1ccncc1. The maximum atomic E-state index is 12.3. The number of aryl methyl sites for hydroxylation is 1. The van der Waals surface area contributed by atoms with Crippen molar-refractivity contribution in [3.8, 4) is 10.7 Å². The van der Waals surface area contributed by atoms with Crippen molar-refractivity contribution in [1.82, 2.24) is 15.1 Å². The number of thiophene rings is 1. The van der Waals surface area contributed by atoms with Crippen molar-refractivity contribution in [2.24, 2.45) is 0 Å². The first-order chi connectivity index (χ1) is 11.7. The quantitative estimate of drug-likeness (QED) is 0.776. The number of hydrogen-bond acceptors (Lipinski definition) is 6. The lowest BCUT2D eigenvalue weighted by Crippen LogP contribution is -2.11. The van der Waals surface area contributed by atoms with Crippen LogP contribution in [0.3, 0.4) is 0 Å². The molecule has 4 rings (SSSR count). The summed E-state index contributed by atoms with van der Waals surface area (Å²) in [7, 11) is 0. The topological polar surface area (TPSA) is 80.9 Å². The molecule has 24 heavy (non-hydrogen) atoms. The van der Waals surface area contributed by atoms with Crippen molar-refractivity contribution in [2.75, 3.05) is 5.32 Å². The number of nitrogens with zero attached hydrogens (tertiary/aromatic N) is 3. The number of amides is 1. The molecule has 122 valence electrons. The minimum Gasteiger partial charge on any atom is -0.339 e. The van der Waals surface area contributed by atoms with E-state index in [1.54, 1.807) is 35.9 Å². The van der Waals surface area contributed by atoms with Gasteiger partial charge in [-0.3, -0.25) is 9.78 Å². The number of anilines is 1. The van der Waals surface area contributed by atoms with Gasteiger partial charge in [0.1, 0.15) is 0 Å². The number of nitrogens with one attached hydrogen (secondary N) is 1. The van der Waals surface area contributed by atoms with E-state index in [4.69, 9.17) is 4.52 Å². The zero-order valence-corrected chi connectivity index (χ0v) is 14.0. The van der Waals surface area contributed by atoms with Gasteiger partial charge in [0.25, 0.3) is 5.91 Å². The van der Waals surface area contributed by atoms with Crippen LogP contribution >= 0.6 is 11.3 Å². The van der Waals surface area contributed by atoms with Crippen LogP contribution in [-0.2, 0) is 0 Å². The van der Waals surface area contributed by atoms with Crippen LogP contribution in [0.1, 0.15) is 46.3 Å². The van der Waals surface area contributed by atoms with Crippen LogP contribution < -0.4 is 5.32 Å². The van der Waals surface area contributed by atoms with E-state index in [1.807, 2.05) is 13.0 Å². The predicted molar refractivity (Wildman–Crippen MR) is 91.1 cm³/mol. The van der Waals surface area contributed by atoms with E-state index in [1.165, 1.54) is 6.42 Å². The maximum absolute atomic E-state index is 12.3. The molecule has 1 amide bonds. The second-order valence-corrected chi connectivity index (χ2v) is 7.11. The molecule has 0 unspecified atom stereocenters. The van der Waals surface area contributed by atoms with Gasteiger partial charge in [-0.15, -0.1) is 11.3 Å². The highest BCUT2D eigenvalue weighted by atomic mass is 32.1. The molecular weight excluding hydrogens is 324 g/mol. The lowest BCUT2D eigenvalue weighted by atomic mass is 9.85. The molecule has 0 bridgehead atoms. The number of rotatable bonds is 4. The number of pyridine rings is 1. The summed E-state index contributed by atoms with van der Waals surface area (Å²) < 4.78 is 5.37. The average molecular weight is 340 g/mol. The summed E-state index contributed by atoms with van der Waals surface area (Å²) in [5.74, 6) is 1.57. The van der Waals surface area contributed by atoms with Crippen LogP contribution in [0.5, 0.6) is 0 Å². The van der Waals surface area contributed by atoms with Gasteiger partial charge in [-0.05, 0) is 38.0 Å². The standard InChI is InChI=1S/C17H16N4O2S/c1-10-13(19-16(22)11-5-7-18-8-6-11)9-14(24-10)15-20-17(23-21-15)12-3-2-4-12/h5-9,12H,2-4H2,1H3,(H,19,22). The second kappa shape index (κ2) is 6.16. The Morgan fingerprint density at radius 2 is 2.12 bits per heavy atom. The minimum atomic E-state index is -0.159. The molecule has 1 aliphatic rings. The van der Waals surface area contributed by atoms with E-state index in [0.29, 0.717) is 17.3 Å². The molecule has 0 saturated heterocycles. The summed E-state index contributed by atoms with van der Waals surface area (Å²) in [5, 5.41) is 7.01. The highest BCUT2D eigenvalue weighted by Crippen LogP contribution is 2.38. The van der Waals surface area contributed by atoms with Crippen molar-refractivity contribution in [3.05, 3.63) is 46.9 Å². The van der Waals surface area contributed by atoms with Gasteiger partial charge in [-0.25, -0.2) is 0 Å². The Labute approximate surface area is 142 Å². The van der Waals surface area contributed by atoms with Crippen LogP contribution in [-0.4, -0.2) is 21.0 Å². The van der Waals surface area contributed by atoms with E-state index in [-0.39, 0.29) is 5.91 Å². The van der Waals surface area contributed by atoms with Crippen molar-refractivity contribution in [1.29, 1.82) is 0 Å². The van der Waals surface area contributed by atoms with Crippen LogP contribution in [0.25, 0.3) is 10.7 Å². The summed E-state index contributed by atoms with van der Waals surface area (Å²) in [6.45, 7) is 1.96. The van der Waals surface area contributed by atoms with Crippen molar-refractivity contribution < 1.29 is 9.32 Å². The van der Waals surface area contributed by atoms with Gasteiger partial charge in [-0.2, -0.15) is 4.98 Å². The molecule has 1 fully saturated rings. The normalized spacial score (nSPS) is 14.4. The molecule has 3 heterocycles. The first-order valence-electron chi connectivity index (χ1n) is 7.86. The van der Waals surface area contributed by atoms with Crippen molar-refractivity contribution in [2.45, 2.75) is 32.1 Å². The Morgan fingerprint density at radius 1 is 1.33 bits per heavy atom. The molecule has 3 aromatic rings. The Kier molecular flexibility index (Phi) is 3.86. The Balaban J connectivity index is 1.54. The fraction of sp³-hybridized carbons (Fsp3) is 0.294. The van der Waals surface area contributed by atoms with Gasteiger partial charge >= 0.3 is 0 Å². The second-order valence-electron chi connectivity index (χ2n) is 5.85. The van der Waals surface area contributed by atoms with Crippen molar-refractivity contribution >= 4 is 22.9 Å². The Hall–Kier alpha value is -2.54. The minimum absolute atomic E-state index is 0.159. The number of carbonyl (C=O) groups excluding carboxylic acids is 1. The molecule has 7 heteroatoms. The van der Waals surface area contributed by atoms with Gasteiger partial charge in [-0.1, -0.05) is 11.6 Å². The van der Waals surface area contributed by atoms with Crippen molar-refractivity contribution in [3.63, 3.8) is 0 Å². The average Bonchev–Trinajstić information content (AvgIpc) is 3.14. The van der Waals surface area contributed by atoms with Crippen LogP contribution in [0.4, 0.5) is 5.69 Å². The van der Waals surface area contributed by atoms with Crippen LogP contribution in [0.15, 0.2) is 35.1 Å². The molecule has 1 aliphatic carbocycles. The van der Waals surface area contributed by atoms with Crippen LogP contribution in [0.2, 0.25) is 0 Å². The number of carbonyl (C=O) groups is 1. The van der Waals surface area contributed by atoms with Gasteiger partial charge in [0.2, 0.25) is 11.7 Å². The predicted octanol–water partition coefficient (Wildman–Crippen LogP) is 4.02. The van der Waals surface area contributed by atoms with Crippen LogP contribution in [0, 0.1) is 6.92 Å². The molecule has 1 saturated carbocycles. The lowest BCUT2D eigenvalue weighted by molar-refractivity contribution is 0.102. The highest BCUT2D eigenvalue weighted by molar-refractivity contribution is 7.16. The zero-order valence-electron chi connectivity index (χ0n) is 13.2. The highest BCUT2D eigenvalue weighted by Gasteiger charge is 2.26.